The Bertz CT molecular complexity index is 1060. The molecule has 27 heavy (non-hydrogen) atoms. The molecule has 3 aromatic rings. The third-order valence-corrected chi connectivity index (χ3v) is 5.81. The van der Waals surface area contributed by atoms with E-state index >= 15 is 0 Å². The summed E-state index contributed by atoms with van der Waals surface area (Å²) < 4.78 is 26.8. The minimum atomic E-state index is -3.63. The normalized spacial score (nSPS) is 12.9. The van der Waals surface area contributed by atoms with Crippen molar-refractivity contribution in [1.29, 1.82) is 0 Å². The van der Waals surface area contributed by atoms with Gasteiger partial charge in [0.05, 0.1) is 22.0 Å². The average Bonchev–Trinajstić information content (AvgIpc) is 3.06. The van der Waals surface area contributed by atoms with Crippen LogP contribution in [0.3, 0.4) is 0 Å². The van der Waals surface area contributed by atoms with E-state index in [1.807, 2.05) is 31.2 Å². The maximum absolute atomic E-state index is 12.7. The number of aromatic nitrogens is 2. The summed E-state index contributed by atoms with van der Waals surface area (Å²) in [7, 11) is -3.63. The SMILES string of the molecule is CCNS(=O)(=O)c1ccc(C)c(C(=O)NC(C)c2nc3ccccc3[nH]2)c1. The standard InChI is InChI=1S/C19H22N4O3S/c1-4-20-27(25,26)14-10-9-12(2)15(11-14)19(24)21-13(3)18-22-16-7-5-6-8-17(16)23-18/h5-11,13,20H,4H2,1-3H3,(H,21,24)(H,22,23). The van der Waals surface area contributed by atoms with Gasteiger partial charge in [-0.2, -0.15) is 0 Å². The summed E-state index contributed by atoms with van der Waals surface area (Å²) in [5.41, 5.74) is 2.73. The van der Waals surface area contributed by atoms with E-state index in [0.29, 0.717) is 17.0 Å². The zero-order valence-electron chi connectivity index (χ0n) is 15.4. The summed E-state index contributed by atoms with van der Waals surface area (Å²) >= 11 is 0. The second-order valence-corrected chi connectivity index (χ2v) is 8.08. The van der Waals surface area contributed by atoms with E-state index in [1.165, 1.54) is 12.1 Å². The van der Waals surface area contributed by atoms with Gasteiger partial charge in [-0.3, -0.25) is 4.79 Å². The maximum Gasteiger partial charge on any atom is 0.252 e. The number of para-hydroxylation sites is 2. The van der Waals surface area contributed by atoms with E-state index in [9.17, 15) is 13.2 Å². The van der Waals surface area contributed by atoms with E-state index in [4.69, 9.17) is 0 Å². The minimum Gasteiger partial charge on any atom is -0.342 e. The first-order valence-electron chi connectivity index (χ1n) is 8.67. The van der Waals surface area contributed by atoms with Crippen molar-refractivity contribution in [2.75, 3.05) is 6.54 Å². The Morgan fingerprint density at radius 3 is 2.67 bits per heavy atom. The Hall–Kier alpha value is -2.71. The van der Waals surface area contributed by atoms with Crippen LogP contribution in [0.4, 0.5) is 0 Å². The van der Waals surface area contributed by atoms with Crippen molar-refractivity contribution in [3.8, 4) is 0 Å². The Labute approximate surface area is 158 Å². The van der Waals surface area contributed by atoms with Crippen LogP contribution in [0.25, 0.3) is 11.0 Å². The first kappa shape index (κ1) is 19.1. The smallest absolute Gasteiger partial charge is 0.252 e. The molecule has 142 valence electrons. The van der Waals surface area contributed by atoms with Crippen LogP contribution in [0.2, 0.25) is 0 Å². The van der Waals surface area contributed by atoms with E-state index in [-0.39, 0.29) is 23.4 Å². The first-order chi connectivity index (χ1) is 12.8. The number of H-pyrrole nitrogens is 1. The number of nitrogens with zero attached hydrogens (tertiary/aromatic N) is 1. The number of fused-ring (bicyclic) bond motifs is 1. The largest absolute Gasteiger partial charge is 0.342 e. The summed E-state index contributed by atoms with van der Waals surface area (Å²) in [6.07, 6.45) is 0. The quantitative estimate of drug-likeness (QED) is 0.606. The van der Waals surface area contributed by atoms with E-state index < -0.39 is 10.0 Å². The maximum atomic E-state index is 12.7. The molecule has 1 amide bonds. The molecular formula is C19H22N4O3S. The number of aromatic amines is 1. The highest BCUT2D eigenvalue weighted by Crippen LogP contribution is 2.19. The van der Waals surface area contributed by atoms with Crippen molar-refractivity contribution < 1.29 is 13.2 Å². The molecule has 0 spiro atoms. The Kier molecular flexibility index (Phi) is 5.29. The highest BCUT2D eigenvalue weighted by molar-refractivity contribution is 7.89. The van der Waals surface area contributed by atoms with Crippen LogP contribution in [-0.4, -0.2) is 30.8 Å². The number of benzene rings is 2. The minimum absolute atomic E-state index is 0.0662. The molecule has 1 heterocycles. The van der Waals surface area contributed by atoms with Crippen molar-refractivity contribution in [1.82, 2.24) is 20.0 Å². The summed E-state index contributed by atoms with van der Waals surface area (Å²) in [6, 6.07) is 11.8. The van der Waals surface area contributed by atoms with Crippen molar-refractivity contribution in [2.45, 2.75) is 31.7 Å². The first-order valence-corrected chi connectivity index (χ1v) is 10.2. The second-order valence-electron chi connectivity index (χ2n) is 6.31. The Balaban J connectivity index is 1.85. The van der Waals surface area contributed by atoms with Crippen LogP contribution in [0, 0.1) is 6.92 Å². The molecule has 0 saturated heterocycles. The predicted octanol–water partition coefficient (Wildman–Crippen LogP) is 2.66. The highest BCUT2D eigenvalue weighted by Gasteiger charge is 2.19. The molecule has 3 rings (SSSR count). The third-order valence-electron chi connectivity index (χ3n) is 4.26. The lowest BCUT2D eigenvalue weighted by atomic mass is 10.1. The fourth-order valence-corrected chi connectivity index (χ4v) is 3.87. The molecule has 8 heteroatoms. The second kappa shape index (κ2) is 7.50. The number of rotatable bonds is 6. The molecule has 1 aromatic heterocycles. The van der Waals surface area contributed by atoms with Gasteiger partial charge in [0.1, 0.15) is 5.82 Å². The van der Waals surface area contributed by atoms with E-state index in [1.54, 1.807) is 19.9 Å². The Morgan fingerprint density at radius 2 is 1.96 bits per heavy atom. The molecule has 0 aliphatic carbocycles. The molecule has 0 bridgehead atoms. The molecule has 1 unspecified atom stereocenters. The van der Waals surface area contributed by atoms with Crippen LogP contribution in [-0.2, 0) is 10.0 Å². The lowest BCUT2D eigenvalue weighted by Gasteiger charge is -2.14. The van der Waals surface area contributed by atoms with Gasteiger partial charge in [-0.1, -0.05) is 25.1 Å². The van der Waals surface area contributed by atoms with E-state index in [0.717, 1.165) is 11.0 Å². The molecule has 1 atom stereocenters. The van der Waals surface area contributed by atoms with Gasteiger partial charge in [-0.05, 0) is 43.7 Å². The summed E-state index contributed by atoms with van der Waals surface area (Å²) in [6.45, 7) is 5.57. The van der Waals surface area contributed by atoms with Crippen molar-refractivity contribution in [3.63, 3.8) is 0 Å². The van der Waals surface area contributed by atoms with Crippen LogP contribution < -0.4 is 10.0 Å². The number of carbonyl (C=O) groups is 1. The molecule has 0 saturated carbocycles. The molecule has 7 nitrogen and oxygen atoms in total. The van der Waals surface area contributed by atoms with Gasteiger partial charge in [-0.25, -0.2) is 18.1 Å². The Morgan fingerprint density at radius 1 is 1.22 bits per heavy atom. The highest BCUT2D eigenvalue weighted by atomic mass is 32.2. The van der Waals surface area contributed by atoms with Gasteiger partial charge in [-0.15, -0.1) is 0 Å². The molecule has 2 aromatic carbocycles. The molecule has 0 aliphatic heterocycles. The number of aryl methyl sites for hydroxylation is 1. The van der Waals surface area contributed by atoms with Gasteiger partial charge < -0.3 is 10.3 Å². The molecular weight excluding hydrogens is 364 g/mol. The molecule has 3 N–H and O–H groups in total. The number of hydrogen-bond donors (Lipinski definition) is 3. The van der Waals surface area contributed by atoms with Crippen molar-refractivity contribution >= 4 is 27.0 Å². The van der Waals surface area contributed by atoms with Gasteiger partial charge >= 0.3 is 0 Å². The lowest BCUT2D eigenvalue weighted by Crippen LogP contribution is -2.29. The molecule has 0 radical (unpaired) electrons. The van der Waals surface area contributed by atoms with Crippen LogP contribution >= 0.6 is 0 Å². The van der Waals surface area contributed by atoms with Gasteiger partial charge in [0.15, 0.2) is 0 Å². The fourth-order valence-electron chi connectivity index (χ4n) is 2.81. The van der Waals surface area contributed by atoms with E-state index in [2.05, 4.69) is 20.0 Å². The van der Waals surface area contributed by atoms with Gasteiger partial charge in [0.25, 0.3) is 5.91 Å². The summed E-state index contributed by atoms with van der Waals surface area (Å²) in [4.78, 5) is 20.5. The lowest BCUT2D eigenvalue weighted by molar-refractivity contribution is 0.0937. The van der Waals surface area contributed by atoms with Crippen molar-refractivity contribution in [2.24, 2.45) is 0 Å². The number of nitrogens with one attached hydrogen (secondary N) is 3. The topological polar surface area (TPSA) is 104 Å². The van der Waals surface area contributed by atoms with Crippen LogP contribution in [0.5, 0.6) is 0 Å². The van der Waals surface area contributed by atoms with Crippen molar-refractivity contribution in [3.05, 3.63) is 59.4 Å². The molecule has 0 aliphatic rings. The average molecular weight is 386 g/mol. The number of carbonyl (C=O) groups excluding carboxylic acids is 1. The third kappa shape index (κ3) is 4.01. The number of hydrogen-bond acceptors (Lipinski definition) is 4. The monoisotopic (exact) mass is 386 g/mol. The van der Waals surface area contributed by atoms with Crippen LogP contribution in [0.1, 0.15) is 41.6 Å². The fraction of sp³-hybridized carbons (Fsp3) is 0.263. The summed E-state index contributed by atoms with van der Waals surface area (Å²) in [5.74, 6) is 0.285. The zero-order chi connectivity index (χ0) is 19.6. The number of sulfonamides is 1. The predicted molar refractivity (Wildman–Crippen MR) is 104 cm³/mol. The summed E-state index contributed by atoms with van der Waals surface area (Å²) in [5, 5.41) is 2.88. The van der Waals surface area contributed by atoms with Gasteiger partial charge in [0, 0.05) is 12.1 Å². The zero-order valence-corrected chi connectivity index (χ0v) is 16.2. The number of imidazole rings is 1. The van der Waals surface area contributed by atoms with Crippen LogP contribution in [0.15, 0.2) is 47.4 Å². The number of amides is 1. The van der Waals surface area contributed by atoms with Gasteiger partial charge in [0.2, 0.25) is 10.0 Å². The molecule has 0 fully saturated rings.